The summed E-state index contributed by atoms with van der Waals surface area (Å²) in [6.07, 6.45) is 0. The molecular formula is C9H10Br2N2S. The highest BCUT2D eigenvalue weighted by atomic mass is 79.9. The zero-order valence-electron chi connectivity index (χ0n) is 7.37. The van der Waals surface area contributed by atoms with Gasteiger partial charge in [-0.05, 0) is 12.1 Å². The van der Waals surface area contributed by atoms with Gasteiger partial charge in [-0.15, -0.1) is 17.0 Å². The number of rotatable bonds is 2. The van der Waals surface area contributed by atoms with Crippen molar-refractivity contribution in [1.82, 2.24) is 4.57 Å². The van der Waals surface area contributed by atoms with E-state index >= 15 is 0 Å². The van der Waals surface area contributed by atoms with Crippen LogP contribution >= 0.6 is 44.2 Å². The highest BCUT2D eigenvalue weighted by Gasteiger charge is 2.02. The molecule has 1 aromatic carbocycles. The van der Waals surface area contributed by atoms with Gasteiger partial charge in [0.05, 0.1) is 10.2 Å². The van der Waals surface area contributed by atoms with Crippen LogP contribution in [0.3, 0.4) is 0 Å². The summed E-state index contributed by atoms with van der Waals surface area (Å²) in [6.45, 7) is 0.864. The largest absolute Gasteiger partial charge is 0.316 e. The molecule has 14 heavy (non-hydrogen) atoms. The number of thiazole rings is 1. The number of alkyl halides is 1. The van der Waals surface area contributed by atoms with E-state index in [1.807, 2.05) is 16.7 Å². The summed E-state index contributed by atoms with van der Waals surface area (Å²) in [5.41, 5.74) is 1.16. The summed E-state index contributed by atoms with van der Waals surface area (Å²) in [4.78, 5) is 0.626. The molecule has 0 fully saturated rings. The lowest BCUT2D eigenvalue weighted by Crippen LogP contribution is -2.13. The van der Waals surface area contributed by atoms with Gasteiger partial charge in [-0.1, -0.05) is 39.4 Å². The van der Waals surface area contributed by atoms with E-state index in [1.54, 1.807) is 0 Å². The van der Waals surface area contributed by atoms with Crippen molar-refractivity contribution in [3.05, 3.63) is 29.1 Å². The topological polar surface area (TPSA) is 28.8 Å². The van der Waals surface area contributed by atoms with Crippen LogP contribution in [0.5, 0.6) is 0 Å². The third kappa shape index (κ3) is 2.10. The minimum atomic E-state index is 0. The average molecular weight is 338 g/mol. The fourth-order valence-electron chi connectivity index (χ4n) is 1.34. The minimum Gasteiger partial charge on any atom is -0.316 e. The Hall–Kier alpha value is -0.130. The van der Waals surface area contributed by atoms with Crippen molar-refractivity contribution < 1.29 is 0 Å². The van der Waals surface area contributed by atoms with Crippen LogP contribution in [-0.2, 0) is 6.54 Å². The van der Waals surface area contributed by atoms with E-state index in [4.69, 9.17) is 5.41 Å². The molecule has 0 saturated carbocycles. The Bertz CT molecular complexity index is 475. The van der Waals surface area contributed by atoms with Gasteiger partial charge in [0.15, 0.2) is 4.80 Å². The zero-order valence-corrected chi connectivity index (χ0v) is 11.5. The number of benzene rings is 1. The van der Waals surface area contributed by atoms with E-state index in [1.165, 1.54) is 16.0 Å². The molecule has 0 atom stereocenters. The van der Waals surface area contributed by atoms with Crippen molar-refractivity contribution in [3.8, 4) is 0 Å². The zero-order chi connectivity index (χ0) is 9.26. The van der Waals surface area contributed by atoms with Crippen molar-refractivity contribution in [2.45, 2.75) is 6.54 Å². The van der Waals surface area contributed by atoms with Crippen molar-refractivity contribution in [1.29, 1.82) is 5.41 Å². The molecule has 76 valence electrons. The Morgan fingerprint density at radius 3 is 2.79 bits per heavy atom. The Balaban J connectivity index is 0.000000980. The molecule has 0 aliphatic carbocycles. The van der Waals surface area contributed by atoms with Gasteiger partial charge < -0.3 is 4.57 Å². The first-order valence-corrected chi connectivity index (χ1v) is 5.95. The Morgan fingerprint density at radius 2 is 2.07 bits per heavy atom. The van der Waals surface area contributed by atoms with Gasteiger partial charge in [-0.25, -0.2) is 0 Å². The van der Waals surface area contributed by atoms with Gasteiger partial charge in [-0.2, -0.15) is 0 Å². The molecule has 0 radical (unpaired) electrons. The number of para-hydroxylation sites is 1. The van der Waals surface area contributed by atoms with E-state index in [-0.39, 0.29) is 17.0 Å². The van der Waals surface area contributed by atoms with Crippen LogP contribution in [0.15, 0.2) is 24.3 Å². The monoisotopic (exact) mass is 336 g/mol. The second kappa shape index (κ2) is 5.09. The Labute approximate surface area is 105 Å². The van der Waals surface area contributed by atoms with Crippen LogP contribution < -0.4 is 4.80 Å². The second-order valence-corrected chi connectivity index (χ2v) is 4.54. The summed E-state index contributed by atoms with van der Waals surface area (Å²) in [6, 6.07) is 8.14. The first-order chi connectivity index (χ1) is 6.33. The van der Waals surface area contributed by atoms with Crippen molar-refractivity contribution in [2.75, 3.05) is 5.33 Å². The molecular weight excluding hydrogens is 328 g/mol. The van der Waals surface area contributed by atoms with Crippen molar-refractivity contribution in [3.63, 3.8) is 0 Å². The van der Waals surface area contributed by atoms with E-state index in [0.29, 0.717) is 4.80 Å². The molecule has 0 amide bonds. The van der Waals surface area contributed by atoms with E-state index in [9.17, 15) is 0 Å². The predicted molar refractivity (Wildman–Crippen MR) is 69.8 cm³/mol. The minimum absolute atomic E-state index is 0. The van der Waals surface area contributed by atoms with Gasteiger partial charge in [-0.3, -0.25) is 5.41 Å². The number of aryl methyl sites for hydroxylation is 1. The molecule has 0 saturated heterocycles. The first kappa shape index (κ1) is 11.9. The third-order valence-electron chi connectivity index (χ3n) is 1.92. The SMILES string of the molecule is Br.N=c1sc2ccccc2n1CCBr. The van der Waals surface area contributed by atoms with Crippen LogP contribution in [0.2, 0.25) is 0 Å². The smallest absolute Gasteiger partial charge is 0.182 e. The highest BCUT2D eigenvalue weighted by Crippen LogP contribution is 2.16. The highest BCUT2D eigenvalue weighted by molar-refractivity contribution is 9.09. The quantitative estimate of drug-likeness (QED) is 0.816. The normalized spacial score (nSPS) is 10.1. The van der Waals surface area contributed by atoms with E-state index in [2.05, 4.69) is 28.1 Å². The number of hydrogen-bond donors (Lipinski definition) is 1. The molecule has 1 N–H and O–H groups in total. The molecule has 5 heteroatoms. The molecule has 2 rings (SSSR count). The van der Waals surface area contributed by atoms with Crippen LogP contribution in [0.25, 0.3) is 10.2 Å². The number of halogens is 2. The van der Waals surface area contributed by atoms with Gasteiger partial charge in [0.2, 0.25) is 0 Å². The van der Waals surface area contributed by atoms with Crippen LogP contribution in [-0.4, -0.2) is 9.90 Å². The molecule has 0 spiro atoms. The number of aromatic nitrogens is 1. The molecule has 0 unspecified atom stereocenters. The fourth-order valence-corrected chi connectivity index (χ4v) is 2.63. The lowest BCUT2D eigenvalue weighted by atomic mass is 10.3. The maximum Gasteiger partial charge on any atom is 0.182 e. The summed E-state index contributed by atoms with van der Waals surface area (Å²) in [5.74, 6) is 0. The summed E-state index contributed by atoms with van der Waals surface area (Å²) >= 11 is 4.92. The number of fused-ring (bicyclic) bond motifs is 1. The fraction of sp³-hybridized carbons (Fsp3) is 0.222. The Morgan fingerprint density at radius 1 is 1.36 bits per heavy atom. The van der Waals surface area contributed by atoms with Crippen LogP contribution in [0.4, 0.5) is 0 Å². The molecule has 2 nitrogen and oxygen atoms in total. The standard InChI is InChI=1S/C9H9BrN2S.BrH/c10-5-6-12-7-3-1-2-4-8(7)13-9(12)11;/h1-4,11H,5-6H2;1H. The number of nitrogens with one attached hydrogen (secondary N) is 1. The van der Waals surface area contributed by atoms with Crippen LogP contribution in [0.1, 0.15) is 0 Å². The van der Waals surface area contributed by atoms with E-state index < -0.39 is 0 Å². The lowest BCUT2D eigenvalue weighted by molar-refractivity contribution is 0.768. The number of hydrogen-bond acceptors (Lipinski definition) is 2. The Kier molecular flexibility index (Phi) is 4.34. The van der Waals surface area contributed by atoms with Crippen molar-refractivity contribution in [2.24, 2.45) is 0 Å². The molecule has 0 bridgehead atoms. The summed E-state index contributed by atoms with van der Waals surface area (Å²) < 4.78 is 3.21. The van der Waals surface area contributed by atoms with Crippen molar-refractivity contribution >= 4 is 54.5 Å². The van der Waals surface area contributed by atoms with E-state index in [0.717, 1.165) is 17.4 Å². The predicted octanol–water partition coefficient (Wildman–Crippen LogP) is 3.16. The maximum atomic E-state index is 7.76. The van der Waals surface area contributed by atoms with Gasteiger partial charge in [0.25, 0.3) is 0 Å². The average Bonchev–Trinajstić information content (AvgIpc) is 2.44. The molecule has 0 aliphatic heterocycles. The van der Waals surface area contributed by atoms with Gasteiger partial charge in [0, 0.05) is 11.9 Å². The summed E-state index contributed by atoms with van der Waals surface area (Å²) in [5, 5.41) is 8.66. The molecule has 0 aliphatic rings. The number of nitrogens with zero attached hydrogens (tertiary/aromatic N) is 1. The third-order valence-corrected chi connectivity index (χ3v) is 3.25. The van der Waals surface area contributed by atoms with Gasteiger partial charge >= 0.3 is 0 Å². The van der Waals surface area contributed by atoms with Crippen LogP contribution in [0, 0.1) is 5.41 Å². The van der Waals surface area contributed by atoms with Gasteiger partial charge in [0.1, 0.15) is 0 Å². The molecule has 1 heterocycles. The summed E-state index contributed by atoms with van der Waals surface area (Å²) in [7, 11) is 0. The molecule has 1 aromatic heterocycles. The second-order valence-electron chi connectivity index (χ2n) is 2.72. The lowest BCUT2D eigenvalue weighted by Gasteiger charge is -1.99. The first-order valence-electron chi connectivity index (χ1n) is 4.02. The molecule has 2 aromatic rings. The maximum absolute atomic E-state index is 7.76.